The lowest BCUT2D eigenvalue weighted by molar-refractivity contribution is -0.143. The average Bonchev–Trinajstić information content (AvgIpc) is 2.60. The summed E-state index contributed by atoms with van der Waals surface area (Å²) in [7, 11) is 0. The number of benzene rings is 1. The van der Waals surface area contributed by atoms with Gasteiger partial charge in [-0.3, -0.25) is 14.5 Å². The molecule has 1 aliphatic rings. The second kappa shape index (κ2) is 6.93. The quantitative estimate of drug-likeness (QED) is 0.611. The zero-order valence-corrected chi connectivity index (χ0v) is 11.6. The predicted molar refractivity (Wildman–Crippen MR) is 74.8 cm³/mol. The van der Waals surface area contributed by atoms with Crippen LogP contribution in [0.1, 0.15) is 26.2 Å². The molecule has 0 fully saturated rings. The second-order valence-electron chi connectivity index (χ2n) is 4.62. The number of anilines is 1. The van der Waals surface area contributed by atoms with E-state index in [0.717, 1.165) is 12.8 Å². The summed E-state index contributed by atoms with van der Waals surface area (Å²) in [4.78, 5) is 25.3. The van der Waals surface area contributed by atoms with Crippen LogP contribution >= 0.6 is 0 Å². The fraction of sp³-hybridized carbons (Fsp3) is 0.467. The number of hydrogen-bond acceptors (Lipinski definition) is 4. The summed E-state index contributed by atoms with van der Waals surface area (Å²) in [6.07, 6.45) is 2.06. The minimum absolute atomic E-state index is 0.0665. The molecule has 1 heterocycles. The molecule has 0 saturated carbocycles. The molecule has 5 nitrogen and oxygen atoms in total. The molecule has 0 atom stereocenters. The summed E-state index contributed by atoms with van der Waals surface area (Å²) in [6.45, 7) is 2.69. The Bertz CT molecular complexity index is 487. The highest BCUT2D eigenvalue weighted by Crippen LogP contribution is 2.30. The number of carbonyl (C=O) groups is 2. The summed E-state index contributed by atoms with van der Waals surface area (Å²) < 4.78 is 10.6. The van der Waals surface area contributed by atoms with Gasteiger partial charge < -0.3 is 9.47 Å². The lowest BCUT2D eigenvalue weighted by atomic mass is 10.2. The maximum atomic E-state index is 12.1. The molecule has 1 aliphatic heterocycles. The third-order valence-electron chi connectivity index (χ3n) is 3.08. The molecule has 0 bridgehead atoms. The smallest absolute Gasteiger partial charge is 0.326 e. The van der Waals surface area contributed by atoms with E-state index >= 15 is 0 Å². The minimum atomic E-state index is -0.386. The second-order valence-corrected chi connectivity index (χ2v) is 4.62. The number of unbranched alkanes of at least 4 members (excludes halogenated alkanes) is 1. The van der Waals surface area contributed by atoms with Crippen molar-refractivity contribution in [2.45, 2.75) is 26.2 Å². The van der Waals surface area contributed by atoms with Crippen LogP contribution in [-0.4, -0.2) is 31.6 Å². The Balaban J connectivity index is 2.08. The highest BCUT2D eigenvalue weighted by Gasteiger charge is 2.25. The van der Waals surface area contributed by atoms with Gasteiger partial charge in [-0.1, -0.05) is 25.5 Å². The van der Waals surface area contributed by atoms with E-state index in [1.165, 1.54) is 4.90 Å². The van der Waals surface area contributed by atoms with Crippen LogP contribution in [0.5, 0.6) is 5.75 Å². The van der Waals surface area contributed by atoms with Crippen LogP contribution in [-0.2, 0) is 14.3 Å². The van der Waals surface area contributed by atoms with Crippen molar-refractivity contribution in [1.29, 1.82) is 0 Å². The fourth-order valence-electron chi connectivity index (χ4n) is 2.00. The van der Waals surface area contributed by atoms with Crippen molar-refractivity contribution in [1.82, 2.24) is 0 Å². The molecule has 1 aromatic carbocycles. The Morgan fingerprint density at radius 1 is 1.40 bits per heavy atom. The highest BCUT2D eigenvalue weighted by atomic mass is 16.5. The molecule has 20 heavy (non-hydrogen) atoms. The van der Waals surface area contributed by atoms with E-state index in [-0.39, 0.29) is 24.8 Å². The first-order valence-corrected chi connectivity index (χ1v) is 6.90. The molecule has 0 radical (unpaired) electrons. The van der Waals surface area contributed by atoms with Gasteiger partial charge in [0.15, 0.2) is 0 Å². The first-order chi connectivity index (χ1) is 9.72. The highest BCUT2D eigenvalue weighted by molar-refractivity contribution is 5.99. The van der Waals surface area contributed by atoms with Crippen LogP contribution in [0.3, 0.4) is 0 Å². The lowest BCUT2D eigenvalue weighted by Crippen LogP contribution is -2.36. The summed E-state index contributed by atoms with van der Waals surface area (Å²) in [5.41, 5.74) is 0.627. The molecule has 0 saturated heterocycles. The van der Waals surface area contributed by atoms with Gasteiger partial charge in [0, 0.05) is 0 Å². The number of rotatable bonds is 5. The Hall–Kier alpha value is -2.04. The predicted octanol–water partition coefficient (Wildman–Crippen LogP) is 2.15. The number of amides is 1. The van der Waals surface area contributed by atoms with Crippen molar-refractivity contribution in [3.8, 4) is 5.75 Å². The number of fused-ring (bicyclic) bond motifs is 1. The number of esters is 1. The Kier molecular flexibility index (Phi) is 4.98. The van der Waals surface area contributed by atoms with E-state index in [0.29, 0.717) is 24.7 Å². The van der Waals surface area contributed by atoms with E-state index < -0.39 is 0 Å². The Morgan fingerprint density at radius 2 is 2.20 bits per heavy atom. The molecular weight excluding hydrogens is 258 g/mol. The maximum Gasteiger partial charge on any atom is 0.326 e. The normalized spacial score (nSPS) is 14.2. The van der Waals surface area contributed by atoms with Crippen molar-refractivity contribution in [3.05, 3.63) is 24.3 Å². The molecule has 0 aliphatic carbocycles. The first-order valence-electron chi connectivity index (χ1n) is 6.90. The topological polar surface area (TPSA) is 55.8 Å². The number of nitrogens with zero attached hydrogens (tertiary/aromatic N) is 1. The standard InChI is InChI=1S/C15H19NO4/c1-2-3-9-20-15(18)11-16-12-6-4-5-7-13(12)19-10-8-14(16)17/h4-7H,2-3,8-11H2,1H3. The SMILES string of the molecule is CCCCOC(=O)CN1C(=O)CCOc2ccccc21. The fourth-order valence-corrected chi connectivity index (χ4v) is 2.00. The van der Waals surface area contributed by atoms with Crippen LogP contribution in [0.25, 0.3) is 0 Å². The Labute approximate surface area is 118 Å². The number of para-hydroxylation sites is 2. The lowest BCUT2D eigenvalue weighted by Gasteiger charge is -2.20. The zero-order valence-electron chi connectivity index (χ0n) is 11.6. The molecular formula is C15H19NO4. The molecule has 1 amide bonds. The third-order valence-corrected chi connectivity index (χ3v) is 3.08. The van der Waals surface area contributed by atoms with Crippen LogP contribution in [0, 0.1) is 0 Å². The monoisotopic (exact) mass is 277 g/mol. The van der Waals surface area contributed by atoms with Crippen molar-refractivity contribution in [3.63, 3.8) is 0 Å². The van der Waals surface area contributed by atoms with Crippen molar-refractivity contribution in [2.75, 3.05) is 24.7 Å². The molecule has 0 spiro atoms. The maximum absolute atomic E-state index is 12.1. The van der Waals surface area contributed by atoms with Gasteiger partial charge in [0.05, 0.1) is 25.3 Å². The summed E-state index contributed by atoms with van der Waals surface area (Å²) in [5, 5.41) is 0. The third kappa shape index (κ3) is 3.50. The average molecular weight is 277 g/mol. The van der Waals surface area contributed by atoms with Gasteiger partial charge in [0.25, 0.3) is 0 Å². The van der Waals surface area contributed by atoms with Crippen LogP contribution in [0.2, 0.25) is 0 Å². The molecule has 5 heteroatoms. The largest absolute Gasteiger partial charge is 0.491 e. The van der Waals surface area contributed by atoms with Gasteiger partial charge in [-0.15, -0.1) is 0 Å². The van der Waals surface area contributed by atoms with Gasteiger partial charge in [0.1, 0.15) is 12.3 Å². The van der Waals surface area contributed by atoms with E-state index in [9.17, 15) is 9.59 Å². The number of ether oxygens (including phenoxy) is 2. The van der Waals surface area contributed by atoms with Crippen molar-refractivity contribution in [2.24, 2.45) is 0 Å². The molecule has 0 aromatic heterocycles. The van der Waals surface area contributed by atoms with Crippen LogP contribution in [0.15, 0.2) is 24.3 Å². The van der Waals surface area contributed by atoms with Crippen molar-refractivity contribution >= 4 is 17.6 Å². The van der Waals surface area contributed by atoms with Gasteiger partial charge in [-0.05, 0) is 18.6 Å². The first kappa shape index (κ1) is 14.4. The summed E-state index contributed by atoms with van der Waals surface area (Å²) in [5.74, 6) is 0.116. The zero-order chi connectivity index (χ0) is 14.4. The Morgan fingerprint density at radius 3 is 3.00 bits per heavy atom. The summed E-state index contributed by atoms with van der Waals surface area (Å²) >= 11 is 0. The van der Waals surface area contributed by atoms with Gasteiger partial charge in [0.2, 0.25) is 5.91 Å². The molecule has 0 N–H and O–H groups in total. The van der Waals surface area contributed by atoms with Gasteiger partial charge in [-0.25, -0.2) is 0 Å². The van der Waals surface area contributed by atoms with Gasteiger partial charge >= 0.3 is 5.97 Å². The number of carbonyl (C=O) groups excluding carboxylic acids is 2. The van der Waals surface area contributed by atoms with Crippen molar-refractivity contribution < 1.29 is 19.1 Å². The molecule has 108 valence electrons. The molecule has 2 rings (SSSR count). The minimum Gasteiger partial charge on any atom is -0.491 e. The number of hydrogen-bond donors (Lipinski definition) is 0. The van der Waals surface area contributed by atoms with E-state index in [4.69, 9.17) is 9.47 Å². The molecule has 1 aromatic rings. The van der Waals surface area contributed by atoms with Crippen LogP contribution in [0.4, 0.5) is 5.69 Å². The van der Waals surface area contributed by atoms with Gasteiger partial charge in [-0.2, -0.15) is 0 Å². The van der Waals surface area contributed by atoms with E-state index in [1.807, 2.05) is 19.1 Å². The summed E-state index contributed by atoms with van der Waals surface area (Å²) in [6, 6.07) is 7.23. The molecule has 0 unspecified atom stereocenters. The van der Waals surface area contributed by atoms with E-state index in [1.54, 1.807) is 12.1 Å². The van der Waals surface area contributed by atoms with E-state index in [2.05, 4.69) is 0 Å². The van der Waals surface area contributed by atoms with Crippen LogP contribution < -0.4 is 9.64 Å².